The molecule has 1 radical (unpaired) electrons. The van der Waals surface area contributed by atoms with Crippen LogP contribution in [0.25, 0.3) is 22.2 Å². The van der Waals surface area contributed by atoms with Gasteiger partial charge in [-0.05, 0) is 24.3 Å². The Hall–Kier alpha value is -1.17. The van der Waals surface area contributed by atoms with Crippen LogP contribution in [-0.2, 0) is 31.4 Å². The molecule has 2 aromatic heterocycles. The predicted octanol–water partition coefficient (Wildman–Crippen LogP) is -5.24. The molecule has 8 heteroatoms. The van der Waals surface area contributed by atoms with E-state index in [4.69, 9.17) is 8.83 Å². The maximum atomic E-state index is 5.68. The van der Waals surface area contributed by atoms with Crippen LogP contribution in [0.5, 0.6) is 0 Å². The zero-order valence-electron chi connectivity index (χ0n) is 12.3. The summed E-state index contributed by atoms with van der Waals surface area (Å²) in [6.07, 6.45) is 1.36. The molecule has 0 aliphatic carbocycles. The number of hydrogen-bond acceptors (Lipinski definition) is 4. The van der Waals surface area contributed by atoms with Crippen molar-refractivity contribution in [3.05, 3.63) is 60.3 Å². The summed E-state index contributed by atoms with van der Waals surface area (Å²) in [4.78, 5) is 8.89. The summed E-state index contributed by atoms with van der Waals surface area (Å²) in [6.45, 7) is 0. The van der Waals surface area contributed by atoms with Crippen molar-refractivity contribution in [1.82, 2.24) is 9.97 Å². The quantitative estimate of drug-likeness (QED) is 0.332. The van der Waals surface area contributed by atoms with Gasteiger partial charge < -0.3 is 46.1 Å². The van der Waals surface area contributed by atoms with Crippen LogP contribution < -0.4 is 37.2 Å². The van der Waals surface area contributed by atoms with Crippen LogP contribution in [0, 0.1) is 0 Å². The Bertz CT molecular complexity index is 755. The van der Waals surface area contributed by atoms with Gasteiger partial charge in [0.05, 0.1) is 0 Å². The molecule has 0 aliphatic heterocycles. The van der Waals surface area contributed by atoms with Crippen molar-refractivity contribution in [1.29, 1.82) is 0 Å². The van der Waals surface area contributed by atoms with Gasteiger partial charge in [0.2, 0.25) is 0 Å². The average Bonchev–Trinajstić information content (AvgIpc) is 3.07. The second kappa shape index (κ2) is 9.97. The second-order valence-electron chi connectivity index (χ2n) is 4.65. The molecule has 0 bridgehead atoms. The number of aryl methyl sites for hydroxylation is 2. The third-order valence-corrected chi connectivity index (χ3v) is 3.23. The molecule has 4 aromatic rings. The van der Waals surface area contributed by atoms with Gasteiger partial charge in [-0.25, -0.2) is 9.97 Å². The monoisotopic (exact) mass is 420 g/mol. The molecule has 4 nitrogen and oxygen atoms in total. The molecule has 0 aliphatic rings. The molecule has 0 saturated carbocycles. The van der Waals surface area contributed by atoms with Crippen LogP contribution in [0.15, 0.2) is 57.4 Å². The SMILES string of the molecule is [Cl-].[Cl-].[Cl-].[V].c1ccc2oc(CCc3nc4ccccc4o3)nc2c1. The van der Waals surface area contributed by atoms with Crippen molar-refractivity contribution in [2.24, 2.45) is 0 Å². The van der Waals surface area contributed by atoms with Gasteiger partial charge in [-0.3, -0.25) is 0 Å². The van der Waals surface area contributed by atoms with Crippen LogP contribution in [-0.4, -0.2) is 9.97 Å². The minimum absolute atomic E-state index is 0. The molecule has 2 heterocycles. The van der Waals surface area contributed by atoms with E-state index in [9.17, 15) is 0 Å². The van der Waals surface area contributed by atoms with Crippen molar-refractivity contribution in [2.75, 3.05) is 0 Å². The summed E-state index contributed by atoms with van der Waals surface area (Å²) < 4.78 is 11.4. The van der Waals surface area contributed by atoms with Crippen LogP contribution in [0.1, 0.15) is 11.8 Å². The number of benzene rings is 2. The van der Waals surface area contributed by atoms with E-state index in [1.807, 2.05) is 48.5 Å². The predicted molar refractivity (Wildman–Crippen MR) is 75.4 cm³/mol. The molecule has 0 atom stereocenters. The Balaban J connectivity index is 0.00000132. The Morgan fingerprint density at radius 2 is 1.00 bits per heavy atom. The fourth-order valence-corrected chi connectivity index (χ4v) is 2.27. The maximum Gasteiger partial charge on any atom is 0.195 e. The summed E-state index contributed by atoms with van der Waals surface area (Å²) in [6, 6.07) is 15.5. The van der Waals surface area contributed by atoms with Gasteiger partial charge in [-0.1, -0.05) is 24.3 Å². The maximum absolute atomic E-state index is 5.68. The minimum Gasteiger partial charge on any atom is -1.00 e. The number of nitrogens with zero attached hydrogens (tertiary/aromatic N) is 2. The van der Waals surface area contributed by atoms with Gasteiger partial charge in [-0.2, -0.15) is 0 Å². The summed E-state index contributed by atoms with van der Waals surface area (Å²) in [5.74, 6) is 1.43. The number of fused-ring (bicyclic) bond motifs is 2. The van der Waals surface area contributed by atoms with E-state index in [0.717, 1.165) is 22.2 Å². The van der Waals surface area contributed by atoms with Crippen LogP contribution in [0.3, 0.4) is 0 Å². The third kappa shape index (κ3) is 4.68. The smallest absolute Gasteiger partial charge is 0.195 e. The Morgan fingerprint density at radius 3 is 1.38 bits per heavy atom. The number of para-hydroxylation sites is 4. The standard InChI is InChI=1S/C16H12N2O2.3ClH.V/c1-3-7-13-11(5-1)17-15(19-13)9-10-16-18-12-6-2-4-8-14(12)20-16;;;;/h1-8H,9-10H2;3*1H;/p-3. The molecule has 2 aromatic carbocycles. The molecule has 4 rings (SSSR count). The van der Waals surface area contributed by atoms with Crippen LogP contribution >= 0.6 is 0 Å². The van der Waals surface area contributed by atoms with E-state index < -0.39 is 0 Å². The van der Waals surface area contributed by atoms with Gasteiger partial charge in [0.15, 0.2) is 22.9 Å². The Labute approximate surface area is 169 Å². The molecule has 127 valence electrons. The van der Waals surface area contributed by atoms with E-state index in [1.165, 1.54) is 0 Å². The third-order valence-electron chi connectivity index (χ3n) is 3.23. The molecule has 0 unspecified atom stereocenters. The number of halogens is 3. The minimum atomic E-state index is 0. The number of hydrogen-bond donors (Lipinski definition) is 0. The molecule has 0 N–H and O–H groups in total. The first-order valence-corrected chi connectivity index (χ1v) is 6.57. The van der Waals surface area contributed by atoms with Crippen molar-refractivity contribution < 1.29 is 64.6 Å². The molecule has 24 heavy (non-hydrogen) atoms. The first-order chi connectivity index (χ1) is 9.88. The van der Waals surface area contributed by atoms with E-state index in [0.29, 0.717) is 24.6 Å². The average molecular weight is 422 g/mol. The van der Waals surface area contributed by atoms with E-state index in [1.54, 1.807) is 0 Å². The summed E-state index contributed by atoms with van der Waals surface area (Å²) in [5.41, 5.74) is 3.42. The van der Waals surface area contributed by atoms with Crippen molar-refractivity contribution >= 4 is 22.2 Å². The van der Waals surface area contributed by atoms with Gasteiger partial charge in [0.1, 0.15) is 11.0 Å². The van der Waals surface area contributed by atoms with Crippen LogP contribution in [0.2, 0.25) is 0 Å². The fraction of sp³-hybridized carbons (Fsp3) is 0.125. The zero-order chi connectivity index (χ0) is 13.4. The first-order valence-electron chi connectivity index (χ1n) is 6.57. The Kier molecular flexibility index (Phi) is 9.48. The van der Waals surface area contributed by atoms with Gasteiger partial charge in [0, 0.05) is 31.4 Å². The molecule has 0 amide bonds. The molecule has 0 fully saturated rings. The zero-order valence-corrected chi connectivity index (χ0v) is 16.0. The van der Waals surface area contributed by atoms with Gasteiger partial charge in [0.25, 0.3) is 0 Å². The van der Waals surface area contributed by atoms with Crippen LogP contribution in [0.4, 0.5) is 0 Å². The number of aromatic nitrogens is 2. The fourth-order valence-electron chi connectivity index (χ4n) is 2.27. The van der Waals surface area contributed by atoms with Gasteiger partial charge in [-0.15, -0.1) is 0 Å². The number of oxazole rings is 2. The normalized spacial score (nSPS) is 9.50. The van der Waals surface area contributed by atoms with Crippen molar-refractivity contribution in [3.63, 3.8) is 0 Å². The van der Waals surface area contributed by atoms with Crippen molar-refractivity contribution in [2.45, 2.75) is 12.8 Å². The molecule has 0 spiro atoms. The first kappa shape index (κ1) is 22.8. The second-order valence-corrected chi connectivity index (χ2v) is 4.65. The van der Waals surface area contributed by atoms with Crippen molar-refractivity contribution in [3.8, 4) is 0 Å². The summed E-state index contributed by atoms with van der Waals surface area (Å²) in [7, 11) is 0. The molecular weight excluding hydrogens is 409 g/mol. The van der Waals surface area contributed by atoms with E-state index in [2.05, 4.69) is 9.97 Å². The summed E-state index contributed by atoms with van der Waals surface area (Å²) in [5, 5.41) is 0. The van der Waals surface area contributed by atoms with E-state index >= 15 is 0 Å². The van der Waals surface area contributed by atoms with E-state index in [-0.39, 0.29) is 55.8 Å². The molecular formula is C16H12Cl3N2O2V-3. The van der Waals surface area contributed by atoms with Gasteiger partial charge >= 0.3 is 0 Å². The molecule has 0 saturated heterocycles. The largest absolute Gasteiger partial charge is 1.00 e. The number of rotatable bonds is 3. The Morgan fingerprint density at radius 1 is 0.625 bits per heavy atom. The topological polar surface area (TPSA) is 52.1 Å². The summed E-state index contributed by atoms with van der Waals surface area (Å²) >= 11 is 0.